The van der Waals surface area contributed by atoms with Gasteiger partial charge in [-0.25, -0.2) is 9.99 Å². The molecule has 82 valence electrons. The van der Waals surface area contributed by atoms with Gasteiger partial charge in [0, 0.05) is 18.0 Å². The Morgan fingerprint density at radius 2 is 2.53 bits per heavy atom. The third-order valence-electron chi connectivity index (χ3n) is 2.71. The number of rotatable bonds is 2. The monoisotopic (exact) mass is 225 g/mol. The molecule has 1 atom stereocenters. The van der Waals surface area contributed by atoms with Crippen molar-refractivity contribution in [2.75, 3.05) is 6.54 Å². The van der Waals surface area contributed by atoms with Gasteiger partial charge in [0.2, 0.25) is 0 Å². The van der Waals surface area contributed by atoms with Crippen LogP contribution in [-0.2, 0) is 0 Å². The first-order valence-corrected chi connectivity index (χ1v) is 6.17. The maximum atomic E-state index is 11.7. The molecule has 1 aromatic rings. The molecular formula is C10H15N3OS. The zero-order valence-electron chi connectivity index (χ0n) is 8.77. The van der Waals surface area contributed by atoms with Gasteiger partial charge in [-0.05, 0) is 19.8 Å². The molecule has 1 amide bonds. The van der Waals surface area contributed by atoms with Gasteiger partial charge in [-0.3, -0.25) is 10.2 Å². The second kappa shape index (κ2) is 4.72. The van der Waals surface area contributed by atoms with Crippen molar-refractivity contribution in [1.29, 1.82) is 0 Å². The molecule has 0 radical (unpaired) electrons. The quantitative estimate of drug-likeness (QED) is 0.832. The summed E-state index contributed by atoms with van der Waals surface area (Å²) in [5, 5.41) is 3.79. The molecule has 2 rings (SSSR count). The molecule has 1 N–H and O–H groups in total. The molecule has 0 bridgehead atoms. The van der Waals surface area contributed by atoms with Gasteiger partial charge in [-0.15, -0.1) is 11.3 Å². The summed E-state index contributed by atoms with van der Waals surface area (Å²) in [5.74, 6) is -0.0926. The van der Waals surface area contributed by atoms with E-state index in [2.05, 4.69) is 17.3 Å². The normalized spacial score (nSPS) is 22.6. The molecule has 5 heteroatoms. The van der Waals surface area contributed by atoms with Crippen molar-refractivity contribution in [3.8, 4) is 0 Å². The lowest BCUT2D eigenvalue weighted by Gasteiger charge is -2.32. The zero-order chi connectivity index (χ0) is 10.7. The van der Waals surface area contributed by atoms with Gasteiger partial charge in [0.25, 0.3) is 5.91 Å². The summed E-state index contributed by atoms with van der Waals surface area (Å²) >= 11 is 1.44. The van der Waals surface area contributed by atoms with Gasteiger partial charge in [0.05, 0.1) is 5.51 Å². The van der Waals surface area contributed by atoms with E-state index in [1.54, 1.807) is 10.9 Å². The summed E-state index contributed by atoms with van der Waals surface area (Å²) in [5.41, 5.74) is 5.10. The Balaban J connectivity index is 1.93. The maximum absolute atomic E-state index is 11.7. The van der Waals surface area contributed by atoms with Crippen LogP contribution in [0.3, 0.4) is 0 Å². The molecule has 4 nitrogen and oxygen atoms in total. The van der Waals surface area contributed by atoms with E-state index in [-0.39, 0.29) is 5.91 Å². The number of thiazole rings is 1. The molecule has 1 aliphatic heterocycles. The fourth-order valence-electron chi connectivity index (χ4n) is 1.78. The highest BCUT2D eigenvalue weighted by atomic mass is 32.1. The van der Waals surface area contributed by atoms with Crippen molar-refractivity contribution in [1.82, 2.24) is 15.4 Å². The smallest absolute Gasteiger partial charge is 0.283 e. The van der Waals surface area contributed by atoms with Gasteiger partial charge in [0.1, 0.15) is 5.69 Å². The maximum Gasteiger partial charge on any atom is 0.285 e. The molecule has 1 saturated heterocycles. The molecule has 0 aliphatic carbocycles. The minimum atomic E-state index is -0.0926. The van der Waals surface area contributed by atoms with Crippen molar-refractivity contribution < 1.29 is 4.79 Å². The molecular weight excluding hydrogens is 210 g/mol. The number of piperidine rings is 1. The molecule has 1 aromatic heterocycles. The average molecular weight is 225 g/mol. The number of amides is 1. The number of carbonyl (C=O) groups excluding carboxylic acids is 1. The van der Waals surface area contributed by atoms with Crippen LogP contribution in [-0.4, -0.2) is 28.5 Å². The van der Waals surface area contributed by atoms with Crippen LogP contribution in [0.25, 0.3) is 0 Å². The zero-order valence-corrected chi connectivity index (χ0v) is 9.59. The fourth-order valence-corrected chi connectivity index (χ4v) is 2.31. The largest absolute Gasteiger partial charge is 0.285 e. The number of aromatic nitrogens is 1. The number of hydrazine groups is 1. The molecule has 15 heavy (non-hydrogen) atoms. The SMILES string of the molecule is CC1CCCCN1NC(=O)c1cscn1. The van der Waals surface area contributed by atoms with E-state index >= 15 is 0 Å². The molecule has 2 heterocycles. The Morgan fingerprint density at radius 1 is 1.67 bits per heavy atom. The first-order valence-electron chi connectivity index (χ1n) is 5.23. The van der Waals surface area contributed by atoms with Gasteiger partial charge >= 0.3 is 0 Å². The fraction of sp³-hybridized carbons (Fsp3) is 0.600. The summed E-state index contributed by atoms with van der Waals surface area (Å²) in [6, 6.07) is 0.432. The van der Waals surface area contributed by atoms with Crippen LogP contribution in [0.4, 0.5) is 0 Å². The molecule has 0 aromatic carbocycles. The molecule has 1 unspecified atom stereocenters. The number of carbonyl (C=O) groups is 1. The van der Waals surface area contributed by atoms with E-state index in [4.69, 9.17) is 0 Å². The minimum Gasteiger partial charge on any atom is -0.283 e. The van der Waals surface area contributed by atoms with Crippen LogP contribution in [0.5, 0.6) is 0 Å². The topological polar surface area (TPSA) is 45.2 Å². The van der Waals surface area contributed by atoms with E-state index in [9.17, 15) is 4.79 Å². The third kappa shape index (κ3) is 2.54. The van der Waals surface area contributed by atoms with E-state index in [1.807, 2.05) is 5.01 Å². The van der Waals surface area contributed by atoms with Gasteiger partial charge < -0.3 is 0 Å². The lowest BCUT2D eigenvalue weighted by Crippen LogP contribution is -2.49. The first kappa shape index (κ1) is 10.6. The van der Waals surface area contributed by atoms with E-state index < -0.39 is 0 Å². The van der Waals surface area contributed by atoms with Gasteiger partial charge in [0.15, 0.2) is 0 Å². The molecule has 1 fully saturated rings. The van der Waals surface area contributed by atoms with Crippen molar-refractivity contribution in [3.63, 3.8) is 0 Å². The highest BCUT2D eigenvalue weighted by molar-refractivity contribution is 7.07. The van der Waals surface area contributed by atoms with Gasteiger partial charge in [-0.2, -0.15) is 0 Å². The lowest BCUT2D eigenvalue weighted by atomic mass is 10.1. The predicted octanol–water partition coefficient (Wildman–Crippen LogP) is 1.66. The minimum absolute atomic E-state index is 0.0926. The lowest BCUT2D eigenvalue weighted by molar-refractivity contribution is 0.0608. The number of hydrogen-bond donors (Lipinski definition) is 1. The second-order valence-electron chi connectivity index (χ2n) is 3.85. The van der Waals surface area contributed by atoms with Crippen molar-refractivity contribution in [3.05, 3.63) is 16.6 Å². The predicted molar refractivity (Wildman–Crippen MR) is 59.6 cm³/mol. The van der Waals surface area contributed by atoms with Crippen LogP contribution in [0, 0.1) is 0 Å². The average Bonchev–Trinajstić information content (AvgIpc) is 2.74. The Labute approximate surface area is 93.3 Å². The summed E-state index contributed by atoms with van der Waals surface area (Å²) in [6.45, 7) is 3.08. The summed E-state index contributed by atoms with van der Waals surface area (Å²) in [4.78, 5) is 15.7. The van der Waals surface area contributed by atoms with Crippen LogP contribution in [0.1, 0.15) is 36.7 Å². The molecule has 0 saturated carbocycles. The van der Waals surface area contributed by atoms with Gasteiger partial charge in [-0.1, -0.05) is 6.42 Å². The number of hydrogen-bond acceptors (Lipinski definition) is 4. The Bertz CT molecular complexity index is 325. The molecule has 1 aliphatic rings. The highest BCUT2D eigenvalue weighted by Gasteiger charge is 2.20. The van der Waals surface area contributed by atoms with Crippen LogP contribution in [0.2, 0.25) is 0 Å². The summed E-state index contributed by atoms with van der Waals surface area (Å²) < 4.78 is 0. The van der Waals surface area contributed by atoms with E-state index in [0.717, 1.165) is 19.4 Å². The van der Waals surface area contributed by atoms with Crippen LogP contribution in [0.15, 0.2) is 10.9 Å². The van der Waals surface area contributed by atoms with Crippen LogP contribution < -0.4 is 5.43 Å². The Kier molecular flexibility index (Phi) is 3.33. The third-order valence-corrected chi connectivity index (χ3v) is 3.30. The van der Waals surface area contributed by atoms with Crippen molar-refractivity contribution >= 4 is 17.2 Å². The van der Waals surface area contributed by atoms with Crippen LogP contribution >= 0.6 is 11.3 Å². The standard InChI is InChI=1S/C10H15N3OS/c1-8-4-2-3-5-13(8)12-10(14)9-6-15-7-11-9/h6-8H,2-5H2,1H3,(H,12,14). The number of nitrogens with zero attached hydrogens (tertiary/aromatic N) is 2. The Morgan fingerprint density at radius 3 is 3.20 bits per heavy atom. The summed E-state index contributed by atoms with van der Waals surface area (Å²) in [7, 11) is 0. The van der Waals surface area contributed by atoms with E-state index in [1.165, 1.54) is 17.8 Å². The highest BCUT2D eigenvalue weighted by Crippen LogP contribution is 2.14. The van der Waals surface area contributed by atoms with Crippen molar-refractivity contribution in [2.24, 2.45) is 0 Å². The Hall–Kier alpha value is -0.940. The summed E-state index contributed by atoms with van der Waals surface area (Å²) in [6.07, 6.45) is 3.56. The molecule has 0 spiro atoms. The second-order valence-corrected chi connectivity index (χ2v) is 4.57. The first-order chi connectivity index (χ1) is 7.27. The van der Waals surface area contributed by atoms with E-state index in [0.29, 0.717) is 11.7 Å². The van der Waals surface area contributed by atoms with Crippen molar-refractivity contribution in [2.45, 2.75) is 32.2 Å². The number of nitrogens with one attached hydrogen (secondary N) is 1.